The van der Waals surface area contributed by atoms with Crippen molar-refractivity contribution in [1.82, 2.24) is 19.6 Å². The molecule has 0 aliphatic carbocycles. The highest BCUT2D eigenvalue weighted by atomic mass is 16.5. The molecule has 0 unspecified atom stereocenters. The SMILES string of the molecule is NCCc1cn2[nH]c(C3CCOCC3)nc2n1. The monoisotopic (exact) mass is 235 g/mol. The number of hydrogen-bond donors (Lipinski definition) is 2. The van der Waals surface area contributed by atoms with Crippen molar-refractivity contribution in [3.63, 3.8) is 0 Å². The van der Waals surface area contributed by atoms with Crippen LogP contribution in [0.5, 0.6) is 0 Å². The Kier molecular flexibility index (Phi) is 2.82. The van der Waals surface area contributed by atoms with E-state index in [0.29, 0.717) is 12.5 Å². The first-order chi connectivity index (χ1) is 8.36. The van der Waals surface area contributed by atoms with E-state index in [1.807, 2.05) is 10.7 Å². The Hall–Kier alpha value is -1.40. The Morgan fingerprint density at radius 1 is 1.41 bits per heavy atom. The number of nitrogens with two attached hydrogens (primary N) is 1. The highest BCUT2D eigenvalue weighted by Gasteiger charge is 2.20. The van der Waals surface area contributed by atoms with E-state index in [4.69, 9.17) is 10.5 Å². The van der Waals surface area contributed by atoms with E-state index in [-0.39, 0.29) is 0 Å². The van der Waals surface area contributed by atoms with Gasteiger partial charge >= 0.3 is 0 Å². The number of nitrogens with zero attached hydrogens (tertiary/aromatic N) is 3. The molecule has 1 fully saturated rings. The summed E-state index contributed by atoms with van der Waals surface area (Å²) in [4.78, 5) is 8.97. The number of nitrogens with one attached hydrogen (secondary N) is 1. The zero-order valence-electron chi connectivity index (χ0n) is 9.72. The zero-order chi connectivity index (χ0) is 11.7. The summed E-state index contributed by atoms with van der Waals surface area (Å²) in [7, 11) is 0. The molecule has 1 saturated heterocycles. The summed E-state index contributed by atoms with van der Waals surface area (Å²) in [5.74, 6) is 2.24. The van der Waals surface area contributed by atoms with Crippen molar-refractivity contribution in [2.45, 2.75) is 25.2 Å². The third kappa shape index (κ3) is 2.05. The van der Waals surface area contributed by atoms with E-state index in [1.54, 1.807) is 0 Å². The maximum atomic E-state index is 5.50. The van der Waals surface area contributed by atoms with Gasteiger partial charge in [-0.15, -0.1) is 0 Å². The van der Waals surface area contributed by atoms with Gasteiger partial charge in [-0.25, -0.2) is 9.50 Å². The van der Waals surface area contributed by atoms with Crippen molar-refractivity contribution in [3.8, 4) is 0 Å². The predicted octanol–water partition coefficient (Wildman–Crippen LogP) is 0.453. The molecule has 3 heterocycles. The summed E-state index contributed by atoms with van der Waals surface area (Å²) < 4.78 is 7.23. The van der Waals surface area contributed by atoms with Crippen molar-refractivity contribution in [2.24, 2.45) is 5.73 Å². The molecule has 0 aromatic carbocycles. The molecule has 0 atom stereocenters. The molecule has 1 aliphatic heterocycles. The first-order valence-electron chi connectivity index (χ1n) is 6.08. The molecule has 0 amide bonds. The van der Waals surface area contributed by atoms with Crippen molar-refractivity contribution in [2.75, 3.05) is 19.8 Å². The Balaban J connectivity index is 1.84. The summed E-state index contributed by atoms with van der Waals surface area (Å²) in [6.07, 6.45) is 4.83. The lowest BCUT2D eigenvalue weighted by Gasteiger charge is -2.19. The second kappa shape index (κ2) is 4.46. The lowest BCUT2D eigenvalue weighted by Crippen LogP contribution is -2.15. The van der Waals surface area contributed by atoms with Crippen molar-refractivity contribution in [1.29, 1.82) is 0 Å². The highest BCUT2D eigenvalue weighted by Crippen LogP contribution is 2.24. The fourth-order valence-electron chi connectivity index (χ4n) is 2.26. The van der Waals surface area contributed by atoms with Crippen LogP contribution in [0.15, 0.2) is 6.20 Å². The summed E-state index contributed by atoms with van der Waals surface area (Å²) in [6, 6.07) is 0. The lowest BCUT2D eigenvalue weighted by atomic mass is 10.00. The van der Waals surface area contributed by atoms with Gasteiger partial charge in [0.05, 0.1) is 11.9 Å². The Morgan fingerprint density at radius 3 is 2.94 bits per heavy atom. The van der Waals surface area contributed by atoms with Crippen LogP contribution in [-0.2, 0) is 11.2 Å². The average Bonchev–Trinajstić information content (AvgIpc) is 2.88. The Bertz CT molecular complexity index is 465. The highest BCUT2D eigenvalue weighted by molar-refractivity contribution is 5.30. The van der Waals surface area contributed by atoms with Gasteiger partial charge in [-0.2, -0.15) is 4.98 Å². The van der Waals surface area contributed by atoms with E-state index in [1.165, 1.54) is 0 Å². The maximum Gasteiger partial charge on any atom is 0.250 e. The summed E-state index contributed by atoms with van der Waals surface area (Å²) in [5.41, 5.74) is 6.49. The molecule has 2 aromatic rings. The maximum absolute atomic E-state index is 5.50. The normalized spacial score (nSPS) is 17.9. The number of ether oxygens (including phenoxy) is 1. The minimum absolute atomic E-state index is 0.475. The van der Waals surface area contributed by atoms with E-state index in [9.17, 15) is 0 Å². The molecular formula is C11H17N5O. The third-order valence-electron chi connectivity index (χ3n) is 3.20. The van der Waals surface area contributed by atoms with Crippen LogP contribution in [0.1, 0.15) is 30.3 Å². The molecule has 6 nitrogen and oxygen atoms in total. The number of aromatic nitrogens is 4. The molecule has 92 valence electrons. The fourth-order valence-corrected chi connectivity index (χ4v) is 2.26. The van der Waals surface area contributed by atoms with Gasteiger partial charge in [0, 0.05) is 25.6 Å². The lowest BCUT2D eigenvalue weighted by molar-refractivity contribution is 0.0836. The van der Waals surface area contributed by atoms with E-state index in [2.05, 4.69) is 15.1 Å². The van der Waals surface area contributed by atoms with Crippen LogP contribution in [0.2, 0.25) is 0 Å². The van der Waals surface area contributed by atoms with E-state index < -0.39 is 0 Å². The van der Waals surface area contributed by atoms with Crippen LogP contribution in [0.4, 0.5) is 0 Å². The molecule has 0 bridgehead atoms. The second-order valence-corrected chi connectivity index (χ2v) is 4.44. The molecular weight excluding hydrogens is 218 g/mol. The van der Waals surface area contributed by atoms with Crippen molar-refractivity contribution < 1.29 is 4.74 Å². The van der Waals surface area contributed by atoms with Gasteiger partial charge in [0.25, 0.3) is 5.78 Å². The smallest absolute Gasteiger partial charge is 0.250 e. The molecule has 0 spiro atoms. The second-order valence-electron chi connectivity index (χ2n) is 4.44. The van der Waals surface area contributed by atoms with Gasteiger partial charge in [0.15, 0.2) is 0 Å². The van der Waals surface area contributed by atoms with Gasteiger partial charge in [-0.1, -0.05) is 0 Å². The van der Waals surface area contributed by atoms with Gasteiger partial charge in [0.2, 0.25) is 0 Å². The Labute approximate surface area is 99.2 Å². The number of hydrogen-bond acceptors (Lipinski definition) is 4. The van der Waals surface area contributed by atoms with Crippen LogP contribution in [-0.4, -0.2) is 39.3 Å². The minimum atomic E-state index is 0.475. The quantitative estimate of drug-likeness (QED) is 0.809. The third-order valence-corrected chi connectivity index (χ3v) is 3.20. The van der Waals surface area contributed by atoms with Crippen molar-refractivity contribution >= 4 is 5.78 Å². The van der Waals surface area contributed by atoms with Crippen LogP contribution in [0.3, 0.4) is 0 Å². The predicted molar refractivity (Wildman–Crippen MR) is 62.9 cm³/mol. The minimum Gasteiger partial charge on any atom is -0.381 e. The first kappa shape index (κ1) is 10.7. The van der Waals surface area contributed by atoms with Crippen molar-refractivity contribution in [3.05, 3.63) is 17.7 Å². The van der Waals surface area contributed by atoms with E-state index in [0.717, 1.165) is 49.8 Å². The largest absolute Gasteiger partial charge is 0.381 e. The first-order valence-corrected chi connectivity index (χ1v) is 6.08. The number of aromatic amines is 1. The van der Waals surface area contributed by atoms with Crippen LogP contribution in [0, 0.1) is 0 Å². The van der Waals surface area contributed by atoms with Crippen LogP contribution < -0.4 is 5.73 Å². The zero-order valence-corrected chi connectivity index (χ0v) is 9.72. The van der Waals surface area contributed by atoms with E-state index >= 15 is 0 Å². The van der Waals surface area contributed by atoms with Crippen LogP contribution in [0.25, 0.3) is 5.78 Å². The summed E-state index contributed by atoms with van der Waals surface area (Å²) in [5, 5.41) is 3.29. The molecule has 2 aromatic heterocycles. The molecule has 3 N–H and O–H groups in total. The Morgan fingerprint density at radius 2 is 2.24 bits per heavy atom. The number of imidazole rings is 1. The number of fused-ring (bicyclic) bond motifs is 1. The standard InChI is InChI=1S/C11H17N5O/c12-4-1-9-7-16-11(13-9)14-10(15-16)8-2-5-17-6-3-8/h7-8H,1-6,12H2,(H,13,14,15). The van der Waals surface area contributed by atoms with Gasteiger partial charge in [-0.3, -0.25) is 5.10 Å². The fraction of sp³-hybridized carbons (Fsp3) is 0.636. The average molecular weight is 235 g/mol. The van der Waals surface area contributed by atoms with Crippen LogP contribution >= 0.6 is 0 Å². The van der Waals surface area contributed by atoms with Gasteiger partial charge in [-0.05, 0) is 19.4 Å². The summed E-state index contributed by atoms with van der Waals surface area (Å²) in [6.45, 7) is 2.27. The molecule has 0 saturated carbocycles. The molecule has 0 radical (unpaired) electrons. The van der Waals surface area contributed by atoms with Gasteiger partial charge in [0.1, 0.15) is 5.82 Å². The van der Waals surface area contributed by atoms with Gasteiger partial charge < -0.3 is 10.5 Å². The molecule has 17 heavy (non-hydrogen) atoms. The molecule has 3 rings (SSSR count). The topological polar surface area (TPSA) is 81.2 Å². The number of H-pyrrole nitrogens is 1. The molecule has 6 heteroatoms. The summed E-state index contributed by atoms with van der Waals surface area (Å²) >= 11 is 0. The molecule has 1 aliphatic rings. The number of rotatable bonds is 3.